The fourth-order valence-electron chi connectivity index (χ4n) is 4.08. The van der Waals surface area contributed by atoms with Gasteiger partial charge in [0.2, 0.25) is 0 Å². The highest BCUT2D eigenvalue weighted by Gasteiger charge is 2.40. The Morgan fingerprint density at radius 1 is 1.30 bits per heavy atom. The van der Waals surface area contributed by atoms with Gasteiger partial charge in [-0.3, -0.25) is 4.98 Å². The molecule has 0 amide bonds. The molecule has 0 bridgehead atoms. The molecular formula is C20H26N4O2S. The van der Waals surface area contributed by atoms with Gasteiger partial charge >= 0.3 is 0 Å². The Bertz CT molecular complexity index is 760. The molecule has 7 heteroatoms. The van der Waals surface area contributed by atoms with Crippen LogP contribution in [-0.2, 0) is 11.3 Å². The topological polar surface area (TPSA) is 62.5 Å². The second-order valence-electron chi connectivity index (χ2n) is 7.12. The molecule has 4 rings (SSSR count). The molecule has 27 heavy (non-hydrogen) atoms. The quantitative estimate of drug-likeness (QED) is 0.713. The molecule has 0 aromatic carbocycles. The second kappa shape index (κ2) is 8.37. The summed E-state index contributed by atoms with van der Waals surface area (Å²) in [5.41, 5.74) is 2.17. The summed E-state index contributed by atoms with van der Waals surface area (Å²) in [7, 11) is 0. The molecule has 4 heterocycles. The highest BCUT2D eigenvalue weighted by molar-refractivity contribution is 7.80. The van der Waals surface area contributed by atoms with E-state index in [9.17, 15) is 5.11 Å². The molecule has 0 radical (unpaired) electrons. The number of hydrogen-bond acceptors (Lipinski definition) is 4. The van der Waals surface area contributed by atoms with Gasteiger partial charge in [0.15, 0.2) is 5.11 Å². The van der Waals surface area contributed by atoms with Crippen LogP contribution >= 0.6 is 12.2 Å². The highest BCUT2D eigenvalue weighted by atomic mass is 32.1. The van der Waals surface area contributed by atoms with Crippen LogP contribution in [0.4, 0.5) is 0 Å². The van der Waals surface area contributed by atoms with Gasteiger partial charge in [0, 0.05) is 44.4 Å². The van der Waals surface area contributed by atoms with Crippen molar-refractivity contribution in [1.82, 2.24) is 19.8 Å². The van der Waals surface area contributed by atoms with Gasteiger partial charge in [0.05, 0.1) is 23.9 Å². The third-order valence-corrected chi connectivity index (χ3v) is 5.70. The van der Waals surface area contributed by atoms with E-state index in [1.165, 1.54) is 5.69 Å². The number of ether oxygens (including phenoxy) is 1. The maximum atomic E-state index is 9.33. The molecule has 2 aromatic heterocycles. The van der Waals surface area contributed by atoms with Crippen LogP contribution in [0.2, 0.25) is 0 Å². The first-order valence-electron chi connectivity index (χ1n) is 9.63. The number of nitrogens with one attached hydrogen (secondary N) is 1. The molecular weight excluding hydrogens is 360 g/mol. The standard InChI is InChI=1S/C20H26N4O2S/c25-12-5-11-24-19(18(22-20(24)27)16-7-1-2-9-21-16)17-8-3-10-23(17)14-15-6-4-13-26-15/h1-3,7-10,15,18-19,25H,4-6,11-14H2,(H,22,27)/t15-,18-,19-/m0/s1. The van der Waals surface area contributed by atoms with Crippen LogP contribution < -0.4 is 5.32 Å². The SMILES string of the molecule is OCCCN1C(=S)N[C@@H](c2ccccn2)[C@@H]1c1cccn1C[C@@H]1CCCO1. The third-order valence-electron chi connectivity index (χ3n) is 5.35. The number of hydrogen-bond donors (Lipinski definition) is 2. The van der Waals surface area contributed by atoms with Gasteiger partial charge in [-0.1, -0.05) is 6.07 Å². The first kappa shape index (κ1) is 18.4. The fourth-order valence-corrected chi connectivity index (χ4v) is 4.41. The average molecular weight is 387 g/mol. The van der Waals surface area contributed by atoms with Crippen molar-refractivity contribution in [3.8, 4) is 0 Å². The predicted molar refractivity (Wildman–Crippen MR) is 107 cm³/mol. The monoisotopic (exact) mass is 386 g/mol. The number of nitrogens with zero attached hydrogens (tertiary/aromatic N) is 3. The van der Waals surface area contributed by atoms with Crippen LogP contribution in [0.3, 0.4) is 0 Å². The van der Waals surface area contributed by atoms with Crippen molar-refractivity contribution in [3.63, 3.8) is 0 Å². The maximum absolute atomic E-state index is 9.33. The Morgan fingerprint density at radius 3 is 2.96 bits per heavy atom. The Labute approximate surface area is 165 Å². The molecule has 0 aliphatic carbocycles. The van der Waals surface area contributed by atoms with E-state index >= 15 is 0 Å². The summed E-state index contributed by atoms with van der Waals surface area (Å²) in [6, 6.07) is 10.2. The van der Waals surface area contributed by atoms with E-state index in [2.05, 4.69) is 38.1 Å². The van der Waals surface area contributed by atoms with Gasteiger partial charge in [0.25, 0.3) is 0 Å². The van der Waals surface area contributed by atoms with Crippen molar-refractivity contribution in [2.45, 2.75) is 44.0 Å². The summed E-state index contributed by atoms with van der Waals surface area (Å²) >= 11 is 5.64. The van der Waals surface area contributed by atoms with Crippen LogP contribution in [-0.4, -0.2) is 50.5 Å². The van der Waals surface area contributed by atoms with Crippen molar-refractivity contribution < 1.29 is 9.84 Å². The van der Waals surface area contributed by atoms with Crippen LogP contribution in [0.15, 0.2) is 42.7 Å². The number of pyridine rings is 1. The van der Waals surface area contributed by atoms with Crippen LogP contribution in [0.1, 0.15) is 42.7 Å². The maximum Gasteiger partial charge on any atom is 0.170 e. The summed E-state index contributed by atoms with van der Waals surface area (Å²) in [6.07, 6.45) is 7.14. The lowest BCUT2D eigenvalue weighted by atomic mass is 10.0. The summed E-state index contributed by atoms with van der Waals surface area (Å²) in [5.74, 6) is 0. The van der Waals surface area contributed by atoms with Crippen molar-refractivity contribution in [2.75, 3.05) is 19.8 Å². The molecule has 2 N–H and O–H groups in total. The summed E-state index contributed by atoms with van der Waals surface area (Å²) < 4.78 is 8.14. The highest BCUT2D eigenvalue weighted by Crippen LogP contribution is 2.39. The lowest BCUT2D eigenvalue weighted by molar-refractivity contribution is 0.0953. The first-order chi connectivity index (χ1) is 13.3. The van der Waals surface area contributed by atoms with Gasteiger partial charge in [0.1, 0.15) is 0 Å². The van der Waals surface area contributed by atoms with Crippen molar-refractivity contribution in [1.29, 1.82) is 0 Å². The van der Waals surface area contributed by atoms with E-state index in [4.69, 9.17) is 17.0 Å². The minimum Gasteiger partial charge on any atom is -0.396 e. The smallest absolute Gasteiger partial charge is 0.170 e. The summed E-state index contributed by atoms with van der Waals surface area (Å²) in [4.78, 5) is 6.76. The van der Waals surface area contributed by atoms with Crippen LogP contribution in [0.25, 0.3) is 0 Å². The van der Waals surface area contributed by atoms with E-state index in [0.29, 0.717) is 18.1 Å². The molecule has 2 aliphatic rings. The van der Waals surface area contributed by atoms with E-state index in [1.54, 1.807) is 0 Å². The second-order valence-corrected chi connectivity index (χ2v) is 7.50. The van der Waals surface area contributed by atoms with Crippen molar-refractivity contribution in [3.05, 3.63) is 54.1 Å². The molecule has 0 unspecified atom stereocenters. The van der Waals surface area contributed by atoms with Gasteiger partial charge in [-0.05, 0) is 55.7 Å². The Kier molecular flexibility index (Phi) is 5.71. The molecule has 6 nitrogen and oxygen atoms in total. The summed E-state index contributed by atoms with van der Waals surface area (Å²) in [6.45, 7) is 2.57. The van der Waals surface area contributed by atoms with E-state index in [-0.39, 0.29) is 24.8 Å². The minimum atomic E-state index is -0.0180. The van der Waals surface area contributed by atoms with Crippen molar-refractivity contribution >= 4 is 17.3 Å². The third kappa shape index (κ3) is 3.85. The van der Waals surface area contributed by atoms with Crippen LogP contribution in [0, 0.1) is 0 Å². The summed E-state index contributed by atoms with van der Waals surface area (Å²) in [5, 5.41) is 13.5. The lowest BCUT2D eigenvalue weighted by Gasteiger charge is -2.29. The van der Waals surface area contributed by atoms with Gasteiger partial charge in [-0.15, -0.1) is 0 Å². The normalized spacial score (nSPS) is 25.1. The number of aliphatic hydroxyl groups is 1. The van der Waals surface area contributed by atoms with Gasteiger partial charge < -0.3 is 24.6 Å². The Morgan fingerprint density at radius 2 is 2.22 bits per heavy atom. The molecule has 2 saturated heterocycles. The molecule has 0 saturated carbocycles. The number of aliphatic hydroxyl groups excluding tert-OH is 1. The molecule has 2 aliphatic heterocycles. The fraction of sp³-hybridized carbons (Fsp3) is 0.500. The molecule has 3 atom stereocenters. The molecule has 0 spiro atoms. The predicted octanol–water partition coefficient (Wildman–Crippen LogP) is 2.42. The van der Waals surface area contributed by atoms with E-state index < -0.39 is 0 Å². The van der Waals surface area contributed by atoms with Gasteiger partial charge in [-0.2, -0.15) is 0 Å². The lowest BCUT2D eigenvalue weighted by Crippen LogP contribution is -2.32. The zero-order chi connectivity index (χ0) is 18.6. The Balaban J connectivity index is 1.66. The zero-order valence-electron chi connectivity index (χ0n) is 15.3. The molecule has 2 fully saturated rings. The first-order valence-corrected chi connectivity index (χ1v) is 10.0. The Hall–Kier alpha value is -1.96. The van der Waals surface area contributed by atoms with E-state index in [0.717, 1.165) is 31.7 Å². The number of thiocarbonyl (C=S) groups is 1. The molecule has 2 aromatic rings. The largest absolute Gasteiger partial charge is 0.396 e. The zero-order valence-corrected chi connectivity index (χ0v) is 16.1. The molecule has 144 valence electrons. The van der Waals surface area contributed by atoms with Crippen LogP contribution in [0.5, 0.6) is 0 Å². The number of aromatic nitrogens is 2. The average Bonchev–Trinajstić information content (AvgIpc) is 3.42. The van der Waals surface area contributed by atoms with E-state index in [1.807, 2.05) is 24.4 Å². The van der Waals surface area contributed by atoms with Gasteiger partial charge in [-0.25, -0.2) is 0 Å². The number of rotatable bonds is 7. The minimum absolute atomic E-state index is 0.0180. The van der Waals surface area contributed by atoms with Crippen molar-refractivity contribution in [2.24, 2.45) is 0 Å².